The fourth-order valence-corrected chi connectivity index (χ4v) is 1.87. The number of hydrazine groups is 1. The number of nitrogens with two attached hydrogens (primary N) is 2. The molecule has 0 radical (unpaired) electrons. The van der Waals surface area contributed by atoms with E-state index in [1.807, 2.05) is 12.1 Å². The molecule has 1 fully saturated rings. The Morgan fingerprint density at radius 2 is 2.33 bits per heavy atom. The minimum absolute atomic E-state index is 0.360. The molecule has 1 unspecified atom stereocenters. The largest absolute Gasteiger partial charge is 0.384 e. The first-order valence-corrected chi connectivity index (χ1v) is 5.44. The third kappa shape index (κ3) is 3.18. The smallest absolute Gasteiger partial charge is 0.123 e. The van der Waals surface area contributed by atoms with Crippen LogP contribution >= 0.6 is 0 Å². The van der Waals surface area contributed by atoms with E-state index in [0.717, 1.165) is 12.3 Å². The van der Waals surface area contributed by atoms with Crippen molar-refractivity contribution < 1.29 is 0 Å². The highest BCUT2D eigenvalue weighted by Gasteiger charge is 2.24. The van der Waals surface area contributed by atoms with Gasteiger partial charge in [-0.2, -0.15) is 0 Å². The number of nitrogens with one attached hydrogen (secondary N) is 1. The molecule has 0 amide bonds. The summed E-state index contributed by atoms with van der Waals surface area (Å²) in [5.74, 6) is 7.00. The molecule has 4 nitrogen and oxygen atoms in total. The molecular formula is C11H18N4. The summed E-state index contributed by atoms with van der Waals surface area (Å²) < 4.78 is 0. The van der Waals surface area contributed by atoms with Gasteiger partial charge in [-0.3, -0.25) is 11.3 Å². The lowest BCUT2D eigenvalue weighted by atomic mass is 10.0. The second-order valence-electron chi connectivity index (χ2n) is 4.34. The van der Waals surface area contributed by atoms with E-state index in [2.05, 4.69) is 10.4 Å². The highest BCUT2D eigenvalue weighted by atomic mass is 15.2. The normalized spacial score (nSPS) is 17.7. The quantitative estimate of drug-likeness (QED) is 0.493. The Morgan fingerprint density at radius 3 is 2.93 bits per heavy atom. The second-order valence-corrected chi connectivity index (χ2v) is 4.34. The van der Waals surface area contributed by atoms with Gasteiger partial charge in [0, 0.05) is 12.2 Å². The molecule has 1 aromatic rings. The number of aromatic nitrogens is 1. The molecule has 15 heavy (non-hydrogen) atoms. The number of hydrogen-bond donors (Lipinski definition) is 3. The molecular weight excluding hydrogens is 188 g/mol. The molecule has 4 heteroatoms. The molecule has 1 aromatic heterocycles. The van der Waals surface area contributed by atoms with Crippen molar-refractivity contribution in [2.45, 2.75) is 31.7 Å². The van der Waals surface area contributed by atoms with Gasteiger partial charge in [0.05, 0.1) is 0 Å². The molecule has 82 valence electrons. The van der Waals surface area contributed by atoms with Crippen molar-refractivity contribution in [2.75, 3.05) is 5.73 Å². The van der Waals surface area contributed by atoms with Crippen molar-refractivity contribution in [1.29, 1.82) is 0 Å². The maximum Gasteiger partial charge on any atom is 0.123 e. The predicted molar refractivity (Wildman–Crippen MR) is 60.8 cm³/mol. The molecule has 1 heterocycles. The van der Waals surface area contributed by atoms with Crippen molar-refractivity contribution in [1.82, 2.24) is 10.4 Å². The molecule has 0 bridgehead atoms. The van der Waals surface area contributed by atoms with Crippen molar-refractivity contribution in [2.24, 2.45) is 11.8 Å². The number of hydrogen-bond acceptors (Lipinski definition) is 4. The maximum atomic E-state index is 5.63. The van der Waals surface area contributed by atoms with Crippen LogP contribution in [0.25, 0.3) is 0 Å². The monoisotopic (exact) mass is 206 g/mol. The molecule has 0 spiro atoms. The van der Waals surface area contributed by atoms with Crippen LogP contribution in [-0.2, 0) is 6.42 Å². The third-order valence-electron chi connectivity index (χ3n) is 2.88. The molecule has 2 rings (SSSR count). The third-order valence-corrected chi connectivity index (χ3v) is 2.88. The Balaban J connectivity index is 1.92. The Kier molecular flexibility index (Phi) is 3.18. The minimum Gasteiger partial charge on any atom is -0.384 e. The molecule has 1 saturated carbocycles. The van der Waals surface area contributed by atoms with Crippen molar-refractivity contribution in [3.05, 3.63) is 23.9 Å². The highest BCUT2D eigenvalue weighted by Crippen LogP contribution is 2.33. The fraction of sp³-hybridized carbons (Fsp3) is 0.545. The lowest BCUT2D eigenvalue weighted by Crippen LogP contribution is -2.37. The summed E-state index contributed by atoms with van der Waals surface area (Å²) in [5.41, 5.74) is 9.71. The van der Waals surface area contributed by atoms with Crippen LogP contribution in [-0.4, -0.2) is 11.0 Å². The standard InChI is InChI=1S/C11H18N4/c12-11-7-9(3-4-14-11)6-10(15-13)5-8-1-2-8/h3-4,7-8,10,15H,1-2,5-6,13H2,(H2,12,14). The molecule has 0 aliphatic heterocycles. The maximum absolute atomic E-state index is 5.63. The fourth-order valence-electron chi connectivity index (χ4n) is 1.87. The van der Waals surface area contributed by atoms with E-state index in [-0.39, 0.29) is 0 Å². The summed E-state index contributed by atoms with van der Waals surface area (Å²) in [6, 6.07) is 4.27. The van der Waals surface area contributed by atoms with Gasteiger partial charge < -0.3 is 5.73 Å². The number of pyridine rings is 1. The van der Waals surface area contributed by atoms with Gasteiger partial charge >= 0.3 is 0 Å². The molecule has 5 N–H and O–H groups in total. The topological polar surface area (TPSA) is 77.0 Å². The van der Waals surface area contributed by atoms with Crippen molar-refractivity contribution in [3.63, 3.8) is 0 Å². The zero-order chi connectivity index (χ0) is 10.7. The van der Waals surface area contributed by atoms with Crippen LogP contribution < -0.4 is 17.0 Å². The SMILES string of the molecule is NNC(Cc1ccnc(N)c1)CC1CC1. The van der Waals surface area contributed by atoms with Crippen LogP contribution in [0.15, 0.2) is 18.3 Å². The summed E-state index contributed by atoms with van der Waals surface area (Å²) in [5, 5.41) is 0. The van der Waals surface area contributed by atoms with Crippen LogP contribution in [0.5, 0.6) is 0 Å². The van der Waals surface area contributed by atoms with Gasteiger partial charge in [-0.1, -0.05) is 12.8 Å². The van der Waals surface area contributed by atoms with Gasteiger partial charge in [0.2, 0.25) is 0 Å². The number of anilines is 1. The second kappa shape index (κ2) is 4.59. The van der Waals surface area contributed by atoms with Crippen LogP contribution in [0.1, 0.15) is 24.8 Å². The first kappa shape index (κ1) is 10.4. The van der Waals surface area contributed by atoms with E-state index in [9.17, 15) is 0 Å². The molecule has 1 aliphatic rings. The Morgan fingerprint density at radius 1 is 1.53 bits per heavy atom. The van der Waals surface area contributed by atoms with Gasteiger partial charge in [-0.05, 0) is 36.5 Å². The Hall–Kier alpha value is -1.13. The number of nitrogens with zero attached hydrogens (tertiary/aromatic N) is 1. The number of rotatable bonds is 5. The van der Waals surface area contributed by atoms with Crippen LogP contribution in [0.2, 0.25) is 0 Å². The summed E-state index contributed by atoms with van der Waals surface area (Å²) in [4.78, 5) is 3.97. The molecule has 0 saturated heterocycles. The highest BCUT2D eigenvalue weighted by molar-refractivity contribution is 5.32. The summed E-state index contributed by atoms with van der Waals surface area (Å²) in [7, 11) is 0. The lowest BCUT2D eigenvalue weighted by Gasteiger charge is -2.15. The average molecular weight is 206 g/mol. The zero-order valence-corrected chi connectivity index (χ0v) is 8.82. The molecule has 1 aliphatic carbocycles. The first-order chi connectivity index (χ1) is 7.28. The molecule has 1 atom stereocenters. The van der Waals surface area contributed by atoms with E-state index in [0.29, 0.717) is 11.9 Å². The summed E-state index contributed by atoms with van der Waals surface area (Å²) in [6.45, 7) is 0. The van der Waals surface area contributed by atoms with E-state index in [4.69, 9.17) is 11.6 Å². The zero-order valence-electron chi connectivity index (χ0n) is 8.82. The average Bonchev–Trinajstić information content (AvgIpc) is 3.01. The number of nitrogen functional groups attached to an aromatic ring is 1. The van der Waals surface area contributed by atoms with E-state index >= 15 is 0 Å². The lowest BCUT2D eigenvalue weighted by molar-refractivity contribution is 0.466. The Bertz CT molecular complexity index is 322. The van der Waals surface area contributed by atoms with Gasteiger partial charge in [-0.25, -0.2) is 4.98 Å². The van der Waals surface area contributed by atoms with Gasteiger partial charge in [0.1, 0.15) is 5.82 Å². The van der Waals surface area contributed by atoms with E-state index in [1.54, 1.807) is 6.20 Å². The van der Waals surface area contributed by atoms with Crippen LogP contribution in [0, 0.1) is 5.92 Å². The minimum atomic E-state index is 0.360. The van der Waals surface area contributed by atoms with Gasteiger partial charge in [0.25, 0.3) is 0 Å². The van der Waals surface area contributed by atoms with Crippen molar-refractivity contribution >= 4 is 5.82 Å². The molecule has 0 aromatic carbocycles. The summed E-state index contributed by atoms with van der Waals surface area (Å²) in [6.07, 6.45) is 6.56. The van der Waals surface area contributed by atoms with E-state index in [1.165, 1.54) is 24.8 Å². The van der Waals surface area contributed by atoms with Gasteiger partial charge in [-0.15, -0.1) is 0 Å². The van der Waals surface area contributed by atoms with Crippen LogP contribution in [0.3, 0.4) is 0 Å². The van der Waals surface area contributed by atoms with Crippen molar-refractivity contribution in [3.8, 4) is 0 Å². The first-order valence-electron chi connectivity index (χ1n) is 5.44. The van der Waals surface area contributed by atoms with E-state index < -0.39 is 0 Å². The van der Waals surface area contributed by atoms with Gasteiger partial charge in [0.15, 0.2) is 0 Å². The Labute approximate surface area is 90.0 Å². The summed E-state index contributed by atoms with van der Waals surface area (Å²) >= 11 is 0. The predicted octanol–water partition coefficient (Wildman–Crippen LogP) is 0.838. The van der Waals surface area contributed by atoms with Crippen LogP contribution in [0.4, 0.5) is 5.82 Å².